The Kier molecular flexibility index (Phi) is 10.3. The topological polar surface area (TPSA) is 57.7 Å². The molecule has 2 heterocycles. The lowest BCUT2D eigenvalue weighted by molar-refractivity contribution is 0.0599. The van der Waals surface area contributed by atoms with Gasteiger partial charge in [-0.25, -0.2) is 4.79 Å². The molecule has 0 spiro atoms. The van der Waals surface area contributed by atoms with E-state index in [4.69, 9.17) is 13.9 Å². The summed E-state index contributed by atoms with van der Waals surface area (Å²) in [6, 6.07) is 16.7. The van der Waals surface area contributed by atoms with Gasteiger partial charge in [0.15, 0.2) is 8.32 Å². The number of fused-ring (bicyclic) bond motifs is 1. The molecule has 42 heavy (non-hydrogen) atoms. The van der Waals surface area contributed by atoms with Gasteiger partial charge in [-0.1, -0.05) is 58.9 Å². The molecule has 0 aliphatic carbocycles. The molecule has 0 amide bonds. The number of aryl methyl sites for hydroxylation is 1. The number of benzene rings is 2. The number of methoxy groups -OCH3 is 1. The van der Waals surface area contributed by atoms with Crippen LogP contribution in [0.3, 0.4) is 0 Å². The normalized spacial score (nSPS) is 16.1. The second-order valence-electron chi connectivity index (χ2n) is 13.6. The zero-order valence-electron chi connectivity index (χ0n) is 26.8. The lowest BCUT2D eigenvalue weighted by atomic mass is 9.91. The number of esters is 1. The van der Waals surface area contributed by atoms with Gasteiger partial charge in [0.05, 0.1) is 24.9 Å². The van der Waals surface area contributed by atoms with Crippen molar-refractivity contribution in [3.05, 3.63) is 83.2 Å². The number of nitrogens with zero attached hydrogens (tertiary/aromatic N) is 1. The van der Waals surface area contributed by atoms with Crippen LogP contribution in [0.1, 0.15) is 93.5 Å². The summed E-state index contributed by atoms with van der Waals surface area (Å²) in [6.45, 7) is 15.9. The molecule has 1 aliphatic rings. The number of ether oxygens (including phenoxy) is 2. The summed E-state index contributed by atoms with van der Waals surface area (Å²) in [5, 5.41) is 0.155. The smallest absolute Gasteiger partial charge is 0.338 e. The minimum Gasteiger partial charge on any atom is -0.490 e. The molecule has 0 unspecified atom stereocenters. The first kappa shape index (κ1) is 32.0. The first-order valence-corrected chi connectivity index (χ1v) is 18.4. The van der Waals surface area contributed by atoms with E-state index in [1.54, 1.807) is 0 Å². The molecule has 2 atom stereocenters. The summed E-state index contributed by atoms with van der Waals surface area (Å²) in [4.78, 5) is 16.7. The summed E-state index contributed by atoms with van der Waals surface area (Å²) in [5.41, 5.74) is 6.37. The molecule has 3 aromatic rings. The Bertz CT molecular complexity index is 1350. The third kappa shape index (κ3) is 7.90. The minimum absolute atomic E-state index is 0.0594. The van der Waals surface area contributed by atoms with Crippen molar-refractivity contribution in [3.63, 3.8) is 0 Å². The third-order valence-corrected chi connectivity index (χ3v) is 13.3. The van der Waals surface area contributed by atoms with Crippen LogP contribution in [-0.2, 0) is 22.0 Å². The van der Waals surface area contributed by atoms with Crippen molar-refractivity contribution in [3.8, 4) is 16.9 Å². The molecule has 0 bridgehead atoms. The van der Waals surface area contributed by atoms with Crippen LogP contribution >= 0.6 is 0 Å². The van der Waals surface area contributed by atoms with Crippen molar-refractivity contribution in [2.45, 2.75) is 103 Å². The van der Waals surface area contributed by atoms with Crippen molar-refractivity contribution < 1.29 is 18.7 Å². The first-order valence-electron chi connectivity index (χ1n) is 15.5. The lowest BCUT2D eigenvalue weighted by Crippen LogP contribution is -2.41. The summed E-state index contributed by atoms with van der Waals surface area (Å²) in [5.74, 6) is 1.15. The highest BCUT2D eigenvalue weighted by Crippen LogP contribution is 2.41. The van der Waals surface area contributed by atoms with Crippen molar-refractivity contribution in [2.75, 3.05) is 7.11 Å². The fourth-order valence-corrected chi connectivity index (χ4v) is 6.76. The standard InChI is InChI=1S/C36H49NO4Si/c1-25(2)21-30-23-26(15-18-32(30)35(38)39-6)27-16-19-33-28(22-27)14-17-31(40-33)12-9-13-34(29-11-10-20-37-24-29)41-42(7,8)36(3,4)5/h10-11,15-16,18-20,22-25,31,34H,9,12-14,17,21H2,1-8H3/t31-,34-/m0/s1. The van der Waals surface area contributed by atoms with Gasteiger partial charge < -0.3 is 13.9 Å². The summed E-state index contributed by atoms with van der Waals surface area (Å²) in [6.07, 6.45) is 9.90. The Morgan fingerprint density at radius 2 is 1.83 bits per heavy atom. The SMILES string of the molecule is COC(=O)c1ccc(-c2ccc3c(c2)CC[C@H](CCC[C@H](O[Si](C)(C)C(C)(C)C)c2cccnc2)O3)cc1CC(C)C. The summed E-state index contributed by atoms with van der Waals surface area (Å²) < 4.78 is 18.4. The summed E-state index contributed by atoms with van der Waals surface area (Å²) >= 11 is 0. The van der Waals surface area contributed by atoms with E-state index in [9.17, 15) is 4.79 Å². The van der Waals surface area contributed by atoms with Crippen LogP contribution in [0.5, 0.6) is 5.75 Å². The maximum atomic E-state index is 12.3. The van der Waals surface area contributed by atoms with Crippen LogP contribution in [0.4, 0.5) is 0 Å². The maximum Gasteiger partial charge on any atom is 0.338 e. The minimum atomic E-state index is -1.93. The van der Waals surface area contributed by atoms with E-state index in [-0.39, 0.29) is 23.2 Å². The van der Waals surface area contributed by atoms with E-state index in [2.05, 4.69) is 83.0 Å². The Labute approximate surface area is 254 Å². The Morgan fingerprint density at radius 3 is 2.50 bits per heavy atom. The van der Waals surface area contributed by atoms with Gasteiger partial charge in [0.2, 0.25) is 0 Å². The second kappa shape index (κ2) is 13.6. The van der Waals surface area contributed by atoms with Crippen LogP contribution in [-0.4, -0.2) is 32.5 Å². The van der Waals surface area contributed by atoms with Gasteiger partial charge in [-0.15, -0.1) is 0 Å². The molecule has 6 heteroatoms. The number of hydrogen-bond donors (Lipinski definition) is 0. The Balaban J connectivity index is 1.42. The molecule has 226 valence electrons. The van der Waals surface area contributed by atoms with E-state index in [0.717, 1.165) is 61.0 Å². The molecule has 0 saturated carbocycles. The molecule has 2 aromatic carbocycles. The van der Waals surface area contributed by atoms with Crippen molar-refractivity contribution in [1.82, 2.24) is 4.98 Å². The molecular formula is C36H49NO4Si. The van der Waals surface area contributed by atoms with Gasteiger partial charge in [-0.3, -0.25) is 4.98 Å². The largest absolute Gasteiger partial charge is 0.490 e. The second-order valence-corrected chi connectivity index (χ2v) is 18.4. The van der Waals surface area contributed by atoms with Crippen molar-refractivity contribution in [2.24, 2.45) is 5.92 Å². The molecule has 0 N–H and O–H groups in total. The highest BCUT2D eigenvalue weighted by atomic mass is 28.4. The average molecular weight is 588 g/mol. The predicted octanol–water partition coefficient (Wildman–Crippen LogP) is 9.36. The quantitative estimate of drug-likeness (QED) is 0.165. The van der Waals surface area contributed by atoms with Crippen molar-refractivity contribution >= 4 is 14.3 Å². The van der Waals surface area contributed by atoms with Crippen LogP contribution in [0.2, 0.25) is 18.1 Å². The third-order valence-electron chi connectivity index (χ3n) is 8.85. The monoisotopic (exact) mass is 587 g/mol. The zero-order valence-corrected chi connectivity index (χ0v) is 27.8. The predicted molar refractivity (Wildman–Crippen MR) is 174 cm³/mol. The molecule has 0 radical (unpaired) electrons. The van der Waals surface area contributed by atoms with Crippen LogP contribution < -0.4 is 4.74 Å². The number of hydrogen-bond acceptors (Lipinski definition) is 5. The number of pyridine rings is 1. The van der Waals surface area contributed by atoms with Gasteiger partial charge in [0.1, 0.15) is 5.75 Å². The number of carbonyl (C=O) groups excluding carboxylic acids is 1. The van der Waals surface area contributed by atoms with Gasteiger partial charge in [0.25, 0.3) is 0 Å². The van der Waals surface area contributed by atoms with Gasteiger partial charge in [-0.05, 0) is 115 Å². The molecule has 4 rings (SSSR count). The lowest BCUT2D eigenvalue weighted by Gasteiger charge is -2.39. The van der Waals surface area contributed by atoms with Gasteiger partial charge in [-0.2, -0.15) is 0 Å². The fraction of sp³-hybridized carbons (Fsp3) is 0.500. The van der Waals surface area contributed by atoms with E-state index in [1.807, 2.05) is 30.6 Å². The van der Waals surface area contributed by atoms with Crippen LogP contribution in [0, 0.1) is 5.92 Å². The van der Waals surface area contributed by atoms with E-state index in [1.165, 1.54) is 18.2 Å². The highest BCUT2D eigenvalue weighted by Gasteiger charge is 2.39. The Morgan fingerprint density at radius 1 is 1.10 bits per heavy atom. The fourth-order valence-electron chi connectivity index (χ4n) is 5.44. The molecule has 1 aromatic heterocycles. The van der Waals surface area contributed by atoms with Gasteiger partial charge >= 0.3 is 5.97 Å². The van der Waals surface area contributed by atoms with Crippen LogP contribution in [0.15, 0.2) is 60.9 Å². The highest BCUT2D eigenvalue weighted by molar-refractivity contribution is 6.74. The first-order chi connectivity index (χ1) is 19.9. The van der Waals surface area contributed by atoms with Gasteiger partial charge in [0, 0.05) is 12.4 Å². The van der Waals surface area contributed by atoms with Crippen LogP contribution in [0.25, 0.3) is 11.1 Å². The molecule has 0 fully saturated rings. The number of carbonyl (C=O) groups is 1. The summed E-state index contributed by atoms with van der Waals surface area (Å²) in [7, 11) is -0.487. The molecule has 0 saturated heterocycles. The van der Waals surface area contributed by atoms with E-state index in [0.29, 0.717) is 11.5 Å². The maximum absolute atomic E-state index is 12.3. The molecule has 1 aliphatic heterocycles. The van der Waals surface area contributed by atoms with E-state index >= 15 is 0 Å². The zero-order chi connectivity index (χ0) is 30.5. The number of rotatable bonds is 11. The average Bonchev–Trinajstić information content (AvgIpc) is 2.95. The molecule has 5 nitrogen and oxygen atoms in total. The van der Waals surface area contributed by atoms with Crippen molar-refractivity contribution in [1.29, 1.82) is 0 Å². The number of aromatic nitrogens is 1. The van der Waals surface area contributed by atoms with E-state index < -0.39 is 8.32 Å². The Hall–Kier alpha value is -2.96. The molecular weight excluding hydrogens is 538 g/mol.